The Morgan fingerprint density at radius 3 is 2.61 bits per heavy atom. The smallest absolute Gasteiger partial charge is 0.277 e. The van der Waals surface area contributed by atoms with Crippen LogP contribution in [0.15, 0.2) is 35.4 Å². The highest BCUT2D eigenvalue weighted by atomic mass is 19.3. The van der Waals surface area contributed by atoms with Crippen molar-refractivity contribution in [3.8, 4) is 0 Å². The molecule has 0 bridgehead atoms. The Balaban J connectivity index is 1.75. The molecule has 0 unspecified atom stereocenters. The molecular formula is C22H23F3N4O2. The van der Waals surface area contributed by atoms with Gasteiger partial charge in [-0.1, -0.05) is 18.2 Å². The third-order valence-corrected chi connectivity index (χ3v) is 5.82. The van der Waals surface area contributed by atoms with Gasteiger partial charge in [0, 0.05) is 37.4 Å². The molecule has 9 heteroatoms. The number of pyridine rings is 1. The van der Waals surface area contributed by atoms with Gasteiger partial charge in [0.2, 0.25) is 0 Å². The van der Waals surface area contributed by atoms with Gasteiger partial charge >= 0.3 is 0 Å². The Labute approximate surface area is 177 Å². The minimum Gasteiger partial charge on any atom is -0.381 e. The van der Waals surface area contributed by atoms with Crippen LogP contribution in [0.5, 0.6) is 0 Å². The van der Waals surface area contributed by atoms with Crippen molar-refractivity contribution in [2.24, 2.45) is 7.05 Å². The van der Waals surface area contributed by atoms with E-state index in [-0.39, 0.29) is 22.6 Å². The zero-order chi connectivity index (χ0) is 22.1. The Kier molecular flexibility index (Phi) is 5.95. The second-order valence-corrected chi connectivity index (χ2v) is 7.72. The molecule has 0 amide bonds. The molecule has 4 rings (SSSR count). The Bertz CT molecular complexity index is 1160. The maximum absolute atomic E-state index is 14.6. The molecule has 2 aromatic heterocycles. The number of halogens is 3. The molecule has 1 fully saturated rings. The van der Waals surface area contributed by atoms with Crippen LogP contribution in [0.3, 0.4) is 0 Å². The standard InChI is InChI=1S/C22H23F3N4O2/c1-12(14-4-3-5-15(18(14)23)20(24)25)28-21-16-10-17(13-6-8-31-9-7-13)29(2)22(30)19(16)26-11-27-21/h3-5,10-13,20H,6-9H2,1-2H3,(H,26,27,28)/t12-/m1/s1. The minimum atomic E-state index is -2.91. The van der Waals surface area contributed by atoms with E-state index < -0.39 is 23.8 Å². The summed E-state index contributed by atoms with van der Waals surface area (Å²) < 4.78 is 47.8. The number of hydrogen-bond donors (Lipinski definition) is 1. The van der Waals surface area contributed by atoms with E-state index in [0.717, 1.165) is 24.6 Å². The van der Waals surface area contributed by atoms with Crippen molar-refractivity contribution in [2.75, 3.05) is 18.5 Å². The summed E-state index contributed by atoms with van der Waals surface area (Å²) in [7, 11) is 1.72. The molecule has 3 heterocycles. The van der Waals surface area contributed by atoms with Gasteiger partial charge in [-0.15, -0.1) is 0 Å². The summed E-state index contributed by atoms with van der Waals surface area (Å²) in [5.74, 6) is -0.429. The lowest BCUT2D eigenvalue weighted by molar-refractivity contribution is 0.0838. The third kappa shape index (κ3) is 4.01. The van der Waals surface area contributed by atoms with E-state index in [2.05, 4.69) is 15.3 Å². The van der Waals surface area contributed by atoms with Crippen molar-refractivity contribution in [1.82, 2.24) is 14.5 Å². The summed E-state index contributed by atoms with van der Waals surface area (Å²) in [6.45, 7) is 2.91. The van der Waals surface area contributed by atoms with Gasteiger partial charge in [0.05, 0.1) is 17.0 Å². The van der Waals surface area contributed by atoms with Gasteiger partial charge in [0.1, 0.15) is 23.5 Å². The van der Waals surface area contributed by atoms with Crippen molar-refractivity contribution in [1.29, 1.82) is 0 Å². The third-order valence-electron chi connectivity index (χ3n) is 5.82. The van der Waals surface area contributed by atoms with Crippen LogP contribution in [-0.2, 0) is 11.8 Å². The van der Waals surface area contributed by atoms with Gasteiger partial charge in [-0.3, -0.25) is 4.79 Å². The van der Waals surface area contributed by atoms with E-state index >= 15 is 0 Å². The van der Waals surface area contributed by atoms with Gasteiger partial charge < -0.3 is 14.6 Å². The second-order valence-electron chi connectivity index (χ2n) is 7.72. The maximum atomic E-state index is 14.6. The Hall–Kier alpha value is -2.94. The lowest BCUT2D eigenvalue weighted by atomic mass is 9.94. The van der Waals surface area contributed by atoms with E-state index in [1.165, 1.54) is 18.5 Å². The number of hydrogen-bond acceptors (Lipinski definition) is 5. The average Bonchev–Trinajstić information content (AvgIpc) is 2.77. The van der Waals surface area contributed by atoms with Crippen molar-refractivity contribution >= 4 is 16.7 Å². The first-order valence-corrected chi connectivity index (χ1v) is 10.1. The molecule has 164 valence electrons. The fraction of sp³-hybridized carbons (Fsp3) is 0.409. The van der Waals surface area contributed by atoms with E-state index in [1.54, 1.807) is 18.5 Å². The highest BCUT2D eigenvalue weighted by molar-refractivity contribution is 5.88. The van der Waals surface area contributed by atoms with Gasteiger partial charge in [-0.25, -0.2) is 23.1 Å². The molecule has 0 aliphatic carbocycles. The molecule has 31 heavy (non-hydrogen) atoms. The van der Waals surface area contributed by atoms with Gasteiger partial charge in [0.25, 0.3) is 12.0 Å². The van der Waals surface area contributed by atoms with E-state index in [0.29, 0.717) is 24.4 Å². The quantitative estimate of drug-likeness (QED) is 0.644. The normalized spacial score (nSPS) is 16.1. The monoisotopic (exact) mass is 432 g/mol. The summed E-state index contributed by atoms with van der Waals surface area (Å²) in [6.07, 6.45) is -0.0370. The summed E-state index contributed by atoms with van der Waals surface area (Å²) in [4.78, 5) is 21.3. The molecule has 1 saturated heterocycles. The van der Waals surface area contributed by atoms with E-state index in [9.17, 15) is 18.0 Å². The first kappa shape index (κ1) is 21.3. The number of aromatic nitrogens is 3. The van der Waals surface area contributed by atoms with E-state index in [4.69, 9.17) is 4.74 Å². The first-order chi connectivity index (χ1) is 14.9. The van der Waals surface area contributed by atoms with Crippen LogP contribution >= 0.6 is 0 Å². The summed E-state index contributed by atoms with van der Waals surface area (Å²) >= 11 is 0. The molecule has 1 atom stereocenters. The van der Waals surface area contributed by atoms with Crippen LogP contribution < -0.4 is 10.9 Å². The highest BCUT2D eigenvalue weighted by Crippen LogP contribution is 2.32. The van der Waals surface area contributed by atoms with Crippen LogP contribution in [0.25, 0.3) is 10.9 Å². The lowest BCUT2D eigenvalue weighted by Crippen LogP contribution is -2.26. The molecule has 0 radical (unpaired) electrons. The topological polar surface area (TPSA) is 69.0 Å². The van der Waals surface area contributed by atoms with Crippen molar-refractivity contribution in [3.63, 3.8) is 0 Å². The number of rotatable bonds is 5. The van der Waals surface area contributed by atoms with Crippen LogP contribution in [0, 0.1) is 5.82 Å². The molecule has 1 aromatic carbocycles. The SMILES string of the molecule is C[C@@H](Nc1ncnc2c(=O)n(C)c(C3CCOCC3)cc12)c1cccc(C(F)F)c1F. The van der Waals surface area contributed by atoms with Crippen LogP contribution in [0.4, 0.5) is 19.0 Å². The van der Waals surface area contributed by atoms with Crippen molar-refractivity contribution in [2.45, 2.75) is 38.2 Å². The molecular weight excluding hydrogens is 409 g/mol. The van der Waals surface area contributed by atoms with Crippen molar-refractivity contribution < 1.29 is 17.9 Å². The van der Waals surface area contributed by atoms with Crippen LogP contribution in [0.2, 0.25) is 0 Å². The lowest BCUT2D eigenvalue weighted by Gasteiger charge is -2.25. The Morgan fingerprint density at radius 2 is 1.90 bits per heavy atom. The number of anilines is 1. The maximum Gasteiger partial charge on any atom is 0.277 e. The molecule has 1 aliphatic heterocycles. The zero-order valence-corrected chi connectivity index (χ0v) is 17.2. The van der Waals surface area contributed by atoms with Crippen molar-refractivity contribution in [3.05, 3.63) is 63.6 Å². The van der Waals surface area contributed by atoms with Gasteiger partial charge in [-0.05, 0) is 25.8 Å². The minimum absolute atomic E-state index is 0.0954. The van der Waals surface area contributed by atoms with Crippen LogP contribution in [-0.4, -0.2) is 27.7 Å². The molecule has 1 aliphatic rings. The fourth-order valence-corrected chi connectivity index (χ4v) is 4.08. The largest absolute Gasteiger partial charge is 0.381 e. The number of ether oxygens (including phenoxy) is 1. The predicted octanol–water partition coefficient (Wildman–Crippen LogP) is 4.47. The molecule has 6 nitrogen and oxygen atoms in total. The van der Waals surface area contributed by atoms with Crippen LogP contribution in [0.1, 0.15) is 55.0 Å². The highest BCUT2D eigenvalue weighted by Gasteiger charge is 2.23. The summed E-state index contributed by atoms with van der Waals surface area (Å²) in [6, 6.07) is 5.14. The molecule has 0 spiro atoms. The first-order valence-electron chi connectivity index (χ1n) is 10.1. The van der Waals surface area contributed by atoms with E-state index in [1.807, 2.05) is 6.07 Å². The molecule has 0 saturated carbocycles. The number of benzene rings is 1. The number of nitrogens with one attached hydrogen (secondary N) is 1. The van der Waals surface area contributed by atoms with Gasteiger partial charge in [-0.2, -0.15) is 0 Å². The summed E-state index contributed by atoms with van der Waals surface area (Å²) in [5.41, 5.74) is 0.303. The fourth-order valence-electron chi connectivity index (χ4n) is 4.08. The zero-order valence-electron chi connectivity index (χ0n) is 17.2. The van der Waals surface area contributed by atoms with Gasteiger partial charge in [0.15, 0.2) is 0 Å². The average molecular weight is 432 g/mol. The molecule has 1 N–H and O–H groups in total. The predicted molar refractivity (Wildman–Crippen MR) is 111 cm³/mol. The number of fused-ring (bicyclic) bond motifs is 1. The Morgan fingerprint density at radius 1 is 1.19 bits per heavy atom. The molecule has 3 aromatic rings. The second kappa shape index (κ2) is 8.66. The number of alkyl halides is 2. The summed E-state index contributed by atoms with van der Waals surface area (Å²) in [5, 5.41) is 3.59. The number of nitrogens with zero attached hydrogens (tertiary/aromatic N) is 3.